The van der Waals surface area contributed by atoms with Gasteiger partial charge in [-0.1, -0.05) is 60.1 Å². The van der Waals surface area contributed by atoms with E-state index in [1.165, 1.54) is 38.2 Å². The van der Waals surface area contributed by atoms with E-state index in [0.717, 1.165) is 4.90 Å². The van der Waals surface area contributed by atoms with Crippen LogP contribution in [-0.4, -0.2) is 124 Å². The molecule has 1 unspecified atom stereocenters. The molecule has 0 fully saturated rings. The number of phenolic OH excluding ortho intramolecular Hbond substituents is 1. The maximum Gasteiger partial charge on any atom is 0.326 e. The average Bonchev–Trinajstić information content (AvgIpc) is 3.05. The monoisotopic (exact) mass is 748 g/mol. The van der Waals surface area contributed by atoms with Gasteiger partial charge in [0.2, 0.25) is 35.4 Å². The summed E-state index contributed by atoms with van der Waals surface area (Å²) in [5.41, 5.74) is 0.608. The van der Waals surface area contributed by atoms with Crippen molar-refractivity contribution in [1.29, 1.82) is 0 Å². The van der Waals surface area contributed by atoms with Crippen molar-refractivity contribution in [1.82, 2.24) is 31.1 Å². The molecule has 7 N–H and O–H groups in total. The highest BCUT2D eigenvalue weighted by atomic mass is 16.4. The third kappa shape index (κ3) is 15.1. The van der Waals surface area contributed by atoms with Crippen LogP contribution in [0.2, 0.25) is 0 Å². The van der Waals surface area contributed by atoms with E-state index in [9.17, 15) is 53.7 Å². The summed E-state index contributed by atoms with van der Waals surface area (Å²) in [7, 11) is 4.28. The summed E-state index contributed by atoms with van der Waals surface area (Å²) in [6.07, 6.45) is -1.20. The van der Waals surface area contributed by atoms with Crippen LogP contribution in [-0.2, 0) is 44.8 Å². The first-order valence-corrected chi connectivity index (χ1v) is 17.5. The zero-order chi connectivity index (χ0) is 40.7. The first-order chi connectivity index (χ1) is 24.6. The Balaban J connectivity index is 3.36. The van der Waals surface area contributed by atoms with Crippen molar-refractivity contribution < 1.29 is 53.7 Å². The van der Waals surface area contributed by atoms with Crippen LogP contribution in [0.3, 0.4) is 0 Å². The van der Waals surface area contributed by atoms with Gasteiger partial charge in [-0.25, -0.2) is 4.79 Å². The molecule has 0 saturated carbocycles. The fourth-order valence-electron chi connectivity index (χ4n) is 5.38. The average molecular weight is 749 g/mol. The van der Waals surface area contributed by atoms with Crippen molar-refractivity contribution in [3.8, 4) is 5.75 Å². The number of aliphatic carboxylic acids is 2. The van der Waals surface area contributed by atoms with E-state index in [0.29, 0.717) is 12.0 Å². The standard InChI is InChI=1S/C36H56N6O11/c1-10-21(6)30(40-35(51)31(20(4)5)42(9)28(45)16-22-11-13-23(43)14-12-22)34(50)38-24(17-27(44)41(7)8)32(48)37-25(18-29(46)47)33(49)39-26(36(52)53)15-19(2)3/h11-14,19-21,24-26,30-31,43H,10,15-18H2,1-9H3,(H,37,48)(H,38,50)(H,39,49)(H,40,51)(H,46,47)(H,52,53)/t21-,24?,25-,26-,30-,31-/m0/s1. The molecule has 0 heterocycles. The van der Waals surface area contributed by atoms with Gasteiger partial charge in [0.15, 0.2) is 0 Å². The number of nitrogens with zero attached hydrogens (tertiary/aromatic N) is 2. The second-order valence-electron chi connectivity index (χ2n) is 14.1. The van der Waals surface area contributed by atoms with E-state index in [1.54, 1.807) is 53.7 Å². The Hall–Kier alpha value is -5.22. The molecular formula is C36H56N6O11. The Morgan fingerprint density at radius 1 is 0.679 bits per heavy atom. The molecule has 0 aliphatic carbocycles. The first kappa shape index (κ1) is 45.8. The third-order valence-electron chi connectivity index (χ3n) is 8.64. The minimum atomic E-state index is -1.77. The summed E-state index contributed by atoms with van der Waals surface area (Å²) in [5.74, 6) is -8.59. The molecule has 0 saturated heterocycles. The Bertz CT molecular complexity index is 1460. The summed E-state index contributed by atoms with van der Waals surface area (Å²) in [5, 5.41) is 38.3. The molecule has 0 aromatic heterocycles. The number of amides is 6. The van der Waals surface area contributed by atoms with E-state index in [-0.39, 0.29) is 24.5 Å². The van der Waals surface area contributed by atoms with Gasteiger partial charge < -0.3 is 46.4 Å². The zero-order valence-corrected chi connectivity index (χ0v) is 32.0. The molecule has 17 nitrogen and oxygen atoms in total. The molecule has 6 amide bonds. The van der Waals surface area contributed by atoms with Crippen LogP contribution in [0.15, 0.2) is 24.3 Å². The minimum Gasteiger partial charge on any atom is -0.508 e. The maximum absolute atomic E-state index is 13.9. The molecule has 0 bridgehead atoms. The molecule has 0 aliphatic rings. The fourth-order valence-corrected chi connectivity index (χ4v) is 5.38. The van der Waals surface area contributed by atoms with Crippen molar-refractivity contribution in [2.75, 3.05) is 21.1 Å². The van der Waals surface area contributed by atoms with Crippen LogP contribution in [0.5, 0.6) is 5.75 Å². The summed E-state index contributed by atoms with van der Waals surface area (Å²) in [6, 6.07) is -1.03. The second kappa shape index (κ2) is 21.3. The highest BCUT2D eigenvalue weighted by Crippen LogP contribution is 2.17. The number of carboxylic acid groups (broad SMARTS) is 2. The number of hydrogen-bond acceptors (Lipinski definition) is 9. The highest BCUT2D eigenvalue weighted by Gasteiger charge is 2.37. The Morgan fingerprint density at radius 3 is 1.64 bits per heavy atom. The predicted molar refractivity (Wildman–Crippen MR) is 193 cm³/mol. The summed E-state index contributed by atoms with van der Waals surface area (Å²) in [4.78, 5) is 106. The Morgan fingerprint density at radius 2 is 1.19 bits per heavy atom. The van der Waals surface area contributed by atoms with E-state index in [2.05, 4.69) is 21.3 Å². The molecule has 0 radical (unpaired) electrons. The van der Waals surface area contributed by atoms with Crippen LogP contribution in [0.1, 0.15) is 72.8 Å². The molecule has 296 valence electrons. The number of carboxylic acids is 2. The van der Waals surface area contributed by atoms with Crippen LogP contribution < -0.4 is 21.3 Å². The number of benzene rings is 1. The van der Waals surface area contributed by atoms with Gasteiger partial charge in [-0.05, 0) is 41.9 Å². The smallest absolute Gasteiger partial charge is 0.326 e. The van der Waals surface area contributed by atoms with Gasteiger partial charge in [-0.15, -0.1) is 0 Å². The molecular weight excluding hydrogens is 692 g/mol. The molecule has 0 aliphatic heterocycles. The summed E-state index contributed by atoms with van der Waals surface area (Å²) in [6.45, 7) is 10.4. The zero-order valence-electron chi connectivity index (χ0n) is 32.0. The number of carbonyl (C=O) groups is 8. The number of rotatable bonds is 21. The van der Waals surface area contributed by atoms with E-state index in [1.807, 2.05) is 0 Å². The number of nitrogens with one attached hydrogen (secondary N) is 4. The van der Waals surface area contributed by atoms with Gasteiger partial charge in [0.25, 0.3) is 0 Å². The number of hydrogen-bond donors (Lipinski definition) is 7. The summed E-state index contributed by atoms with van der Waals surface area (Å²) >= 11 is 0. The van der Waals surface area contributed by atoms with Crippen molar-refractivity contribution in [3.63, 3.8) is 0 Å². The van der Waals surface area contributed by atoms with Gasteiger partial charge in [-0.2, -0.15) is 0 Å². The second-order valence-corrected chi connectivity index (χ2v) is 14.1. The lowest BCUT2D eigenvalue weighted by atomic mass is 9.95. The SMILES string of the molecule is CC[C@H](C)[C@H](NC(=O)[C@H](C(C)C)N(C)C(=O)Cc1ccc(O)cc1)C(=O)NC(CC(=O)N(C)C)C(=O)N[C@@H](CC(=O)O)C(=O)N[C@@H](CC(C)C)C(=O)O. The number of carbonyl (C=O) groups excluding carboxylic acids is 6. The molecule has 17 heteroatoms. The Labute approximate surface area is 310 Å². The minimum absolute atomic E-state index is 0.0214. The lowest BCUT2D eigenvalue weighted by Gasteiger charge is -2.33. The normalized spacial score (nSPS) is 14.5. The van der Waals surface area contributed by atoms with Crippen molar-refractivity contribution in [3.05, 3.63) is 29.8 Å². The molecule has 1 rings (SSSR count). The molecule has 0 spiro atoms. The highest BCUT2D eigenvalue weighted by molar-refractivity contribution is 5.98. The maximum atomic E-state index is 13.9. The van der Waals surface area contributed by atoms with Gasteiger partial charge >= 0.3 is 11.9 Å². The topological polar surface area (TPSA) is 252 Å². The van der Waals surface area contributed by atoms with Crippen LogP contribution in [0, 0.1) is 17.8 Å². The number of likely N-dealkylation sites (N-methyl/N-ethyl adjacent to an activating group) is 1. The Kier molecular flexibility index (Phi) is 18.4. The lowest BCUT2D eigenvalue weighted by Crippen LogP contribution is -2.61. The lowest BCUT2D eigenvalue weighted by molar-refractivity contribution is -0.144. The van der Waals surface area contributed by atoms with Crippen molar-refractivity contribution in [2.24, 2.45) is 17.8 Å². The van der Waals surface area contributed by atoms with Crippen LogP contribution in [0.4, 0.5) is 0 Å². The number of aromatic hydroxyl groups is 1. The third-order valence-corrected chi connectivity index (χ3v) is 8.64. The quantitative estimate of drug-likeness (QED) is 0.0911. The molecule has 53 heavy (non-hydrogen) atoms. The molecule has 1 aromatic rings. The summed E-state index contributed by atoms with van der Waals surface area (Å²) < 4.78 is 0. The first-order valence-electron chi connectivity index (χ1n) is 17.5. The predicted octanol–water partition coefficient (Wildman–Crippen LogP) is 0.487. The largest absolute Gasteiger partial charge is 0.508 e. The van der Waals surface area contributed by atoms with E-state index in [4.69, 9.17) is 0 Å². The van der Waals surface area contributed by atoms with Gasteiger partial charge in [0, 0.05) is 21.1 Å². The molecule has 6 atom stereocenters. The van der Waals surface area contributed by atoms with E-state index >= 15 is 0 Å². The van der Waals surface area contributed by atoms with Gasteiger partial charge in [0.05, 0.1) is 19.3 Å². The van der Waals surface area contributed by atoms with Crippen molar-refractivity contribution in [2.45, 2.75) is 104 Å². The van der Waals surface area contributed by atoms with Crippen molar-refractivity contribution >= 4 is 47.4 Å². The van der Waals surface area contributed by atoms with Crippen LogP contribution >= 0.6 is 0 Å². The molecule has 1 aromatic carbocycles. The van der Waals surface area contributed by atoms with Gasteiger partial charge in [-0.3, -0.25) is 33.6 Å². The fraction of sp³-hybridized carbons (Fsp3) is 0.611. The van der Waals surface area contributed by atoms with Gasteiger partial charge in [0.1, 0.15) is 36.0 Å². The van der Waals surface area contributed by atoms with Crippen LogP contribution in [0.25, 0.3) is 0 Å². The van der Waals surface area contributed by atoms with E-state index < -0.39 is 102 Å². The number of phenols is 1.